The molecule has 1 aromatic rings. The molecule has 1 aromatic carbocycles. The van der Waals surface area contributed by atoms with Crippen LogP contribution in [0.5, 0.6) is 0 Å². The molecule has 18 heavy (non-hydrogen) atoms. The Kier molecular flexibility index (Phi) is 4.70. The van der Waals surface area contributed by atoms with E-state index in [9.17, 15) is 4.79 Å². The van der Waals surface area contributed by atoms with Gasteiger partial charge in [-0.15, -0.1) is 0 Å². The van der Waals surface area contributed by atoms with E-state index in [0.29, 0.717) is 11.2 Å². The molecule has 1 aliphatic heterocycles. The Balaban J connectivity index is 1.99. The van der Waals surface area contributed by atoms with Crippen molar-refractivity contribution in [2.75, 3.05) is 18.8 Å². The molecular weight excluding hydrogens is 242 g/mol. The quantitative estimate of drug-likeness (QED) is 0.815. The van der Waals surface area contributed by atoms with Gasteiger partial charge < -0.3 is 4.90 Å². The fourth-order valence-corrected chi connectivity index (χ4v) is 3.52. The molecule has 0 N–H and O–H groups in total. The van der Waals surface area contributed by atoms with Gasteiger partial charge in [-0.05, 0) is 12.0 Å². The molecule has 1 amide bonds. The van der Waals surface area contributed by atoms with Crippen molar-refractivity contribution in [2.45, 2.75) is 25.5 Å². The highest BCUT2D eigenvalue weighted by Gasteiger charge is 2.23. The molecule has 0 spiro atoms. The summed E-state index contributed by atoms with van der Waals surface area (Å²) in [5.41, 5.74) is 1.39. The molecule has 1 atom stereocenters. The topological polar surface area (TPSA) is 20.3 Å². The molecule has 2 rings (SSSR count). The van der Waals surface area contributed by atoms with E-state index in [2.05, 4.69) is 30.3 Å². The number of hydrogen-bond acceptors (Lipinski definition) is 2. The molecule has 0 bridgehead atoms. The molecule has 3 heteroatoms. The first-order valence-electron chi connectivity index (χ1n) is 6.64. The number of rotatable bonds is 2. The van der Waals surface area contributed by atoms with Crippen LogP contribution in [0.15, 0.2) is 30.3 Å². The minimum absolute atomic E-state index is 0.114. The summed E-state index contributed by atoms with van der Waals surface area (Å²) in [7, 11) is 0. The summed E-state index contributed by atoms with van der Waals surface area (Å²) in [4.78, 5) is 14.0. The number of thioether (sulfide) groups is 1. The van der Waals surface area contributed by atoms with Gasteiger partial charge in [0, 0.05) is 30.0 Å². The van der Waals surface area contributed by atoms with Gasteiger partial charge in [0.2, 0.25) is 5.91 Å². The molecule has 0 radical (unpaired) electrons. The Morgan fingerprint density at radius 1 is 1.28 bits per heavy atom. The SMILES string of the molecule is CC(C)C(=O)N1CCSC(c2ccccc2)CC1. The number of carbonyl (C=O) groups is 1. The van der Waals surface area contributed by atoms with Crippen LogP contribution in [0.25, 0.3) is 0 Å². The first-order chi connectivity index (χ1) is 8.68. The molecule has 0 aromatic heterocycles. The van der Waals surface area contributed by atoms with Crippen molar-refractivity contribution >= 4 is 17.7 Å². The van der Waals surface area contributed by atoms with E-state index in [1.165, 1.54) is 5.56 Å². The van der Waals surface area contributed by atoms with Crippen LogP contribution in [0.1, 0.15) is 31.1 Å². The van der Waals surface area contributed by atoms with Crippen LogP contribution in [0.4, 0.5) is 0 Å². The third kappa shape index (κ3) is 3.29. The summed E-state index contributed by atoms with van der Waals surface area (Å²) in [6.45, 7) is 5.75. The van der Waals surface area contributed by atoms with Gasteiger partial charge in [-0.3, -0.25) is 4.79 Å². The summed E-state index contributed by atoms with van der Waals surface area (Å²) < 4.78 is 0. The van der Waals surface area contributed by atoms with E-state index in [4.69, 9.17) is 0 Å². The van der Waals surface area contributed by atoms with E-state index in [1.54, 1.807) is 0 Å². The van der Waals surface area contributed by atoms with Crippen molar-refractivity contribution in [3.8, 4) is 0 Å². The molecule has 1 fully saturated rings. The van der Waals surface area contributed by atoms with Gasteiger partial charge in [0.05, 0.1) is 0 Å². The molecule has 1 aliphatic rings. The average Bonchev–Trinajstić information content (AvgIpc) is 2.64. The third-order valence-electron chi connectivity index (χ3n) is 3.32. The number of benzene rings is 1. The number of nitrogens with zero attached hydrogens (tertiary/aromatic N) is 1. The molecule has 2 nitrogen and oxygen atoms in total. The van der Waals surface area contributed by atoms with E-state index in [1.807, 2.05) is 30.5 Å². The monoisotopic (exact) mass is 263 g/mol. The molecule has 1 unspecified atom stereocenters. The Bertz CT molecular complexity index is 391. The second-order valence-electron chi connectivity index (χ2n) is 5.04. The predicted octanol–water partition coefficient (Wildman–Crippen LogP) is 3.35. The molecular formula is C15H21NOS. The Morgan fingerprint density at radius 2 is 2.00 bits per heavy atom. The van der Waals surface area contributed by atoms with Crippen LogP contribution < -0.4 is 0 Å². The van der Waals surface area contributed by atoms with E-state index >= 15 is 0 Å². The minimum Gasteiger partial charge on any atom is -0.342 e. The first kappa shape index (κ1) is 13.5. The maximum absolute atomic E-state index is 12.0. The summed E-state index contributed by atoms with van der Waals surface area (Å²) >= 11 is 1.98. The summed E-state index contributed by atoms with van der Waals surface area (Å²) in [6, 6.07) is 10.6. The lowest BCUT2D eigenvalue weighted by Gasteiger charge is -2.22. The summed E-state index contributed by atoms with van der Waals surface area (Å²) in [5.74, 6) is 1.45. The Labute approximate surface area is 114 Å². The lowest BCUT2D eigenvalue weighted by atomic mass is 10.1. The summed E-state index contributed by atoms with van der Waals surface area (Å²) in [6.07, 6.45) is 1.06. The van der Waals surface area contributed by atoms with Crippen LogP contribution in [0.2, 0.25) is 0 Å². The van der Waals surface area contributed by atoms with Crippen molar-refractivity contribution in [1.82, 2.24) is 4.90 Å². The van der Waals surface area contributed by atoms with Gasteiger partial charge in [-0.25, -0.2) is 0 Å². The highest BCUT2D eigenvalue weighted by atomic mass is 32.2. The largest absolute Gasteiger partial charge is 0.342 e. The number of hydrogen-bond donors (Lipinski definition) is 0. The number of amides is 1. The van der Waals surface area contributed by atoms with Crippen molar-refractivity contribution in [3.63, 3.8) is 0 Å². The van der Waals surface area contributed by atoms with E-state index in [-0.39, 0.29) is 5.92 Å². The van der Waals surface area contributed by atoms with Gasteiger partial charge in [-0.2, -0.15) is 11.8 Å². The van der Waals surface area contributed by atoms with Gasteiger partial charge in [0.15, 0.2) is 0 Å². The minimum atomic E-state index is 0.114. The van der Waals surface area contributed by atoms with Gasteiger partial charge in [-0.1, -0.05) is 44.2 Å². The lowest BCUT2D eigenvalue weighted by Crippen LogP contribution is -2.35. The zero-order valence-electron chi connectivity index (χ0n) is 11.1. The molecule has 1 heterocycles. The van der Waals surface area contributed by atoms with Crippen LogP contribution in [-0.2, 0) is 4.79 Å². The molecule has 0 aliphatic carbocycles. The van der Waals surface area contributed by atoms with E-state index in [0.717, 1.165) is 25.3 Å². The molecule has 0 saturated carbocycles. The average molecular weight is 263 g/mol. The Hall–Kier alpha value is -0.960. The zero-order chi connectivity index (χ0) is 13.0. The molecule has 1 saturated heterocycles. The van der Waals surface area contributed by atoms with Gasteiger partial charge in [0.1, 0.15) is 0 Å². The third-order valence-corrected chi connectivity index (χ3v) is 4.65. The van der Waals surface area contributed by atoms with Crippen molar-refractivity contribution in [1.29, 1.82) is 0 Å². The van der Waals surface area contributed by atoms with Gasteiger partial charge in [0.25, 0.3) is 0 Å². The highest BCUT2D eigenvalue weighted by Crippen LogP contribution is 2.34. The van der Waals surface area contributed by atoms with E-state index < -0.39 is 0 Å². The lowest BCUT2D eigenvalue weighted by molar-refractivity contribution is -0.134. The number of carbonyl (C=O) groups excluding carboxylic acids is 1. The van der Waals surface area contributed by atoms with Crippen molar-refractivity contribution in [3.05, 3.63) is 35.9 Å². The van der Waals surface area contributed by atoms with Crippen molar-refractivity contribution in [2.24, 2.45) is 5.92 Å². The maximum atomic E-state index is 12.0. The smallest absolute Gasteiger partial charge is 0.225 e. The van der Waals surface area contributed by atoms with Crippen LogP contribution in [0.3, 0.4) is 0 Å². The highest BCUT2D eigenvalue weighted by molar-refractivity contribution is 7.99. The first-order valence-corrected chi connectivity index (χ1v) is 7.68. The standard InChI is InChI=1S/C15H21NOS/c1-12(2)15(17)16-9-8-14(18-11-10-16)13-6-4-3-5-7-13/h3-7,12,14H,8-11H2,1-2H3. The van der Waals surface area contributed by atoms with Crippen LogP contribution >= 0.6 is 11.8 Å². The van der Waals surface area contributed by atoms with Crippen LogP contribution in [0, 0.1) is 5.92 Å². The second-order valence-corrected chi connectivity index (χ2v) is 6.35. The fraction of sp³-hybridized carbons (Fsp3) is 0.533. The maximum Gasteiger partial charge on any atom is 0.225 e. The van der Waals surface area contributed by atoms with Crippen molar-refractivity contribution < 1.29 is 4.79 Å². The van der Waals surface area contributed by atoms with Gasteiger partial charge >= 0.3 is 0 Å². The second kappa shape index (κ2) is 6.28. The Morgan fingerprint density at radius 3 is 2.67 bits per heavy atom. The zero-order valence-corrected chi connectivity index (χ0v) is 12.0. The normalized spacial score (nSPS) is 20.8. The molecule has 98 valence electrons. The predicted molar refractivity (Wildman–Crippen MR) is 77.7 cm³/mol. The fourth-order valence-electron chi connectivity index (χ4n) is 2.29. The summed E-state index contributed by atoms with van der Waals surface area (Å²) in [5, 5.41) is 0.538. The van der Waals surface area contributed by atoms with Crippen LogP contribution in [-0.4, -0.2) is 29.6 Å².